The minimum absolute atomic E-state index is 0. The second-order valence-electron chi connectivity index (χ2n) is 4.70. The Kier molecular flexibility index (Phi) is 5.02. The van der Waals surface area contributed by atoms with E-state index in [1.807, 2.05) is 31.2 Å². The van der Waals surface area contributed by atoms with E-state index in [1.54, 1.807) is 0 Å². The van der Waals surface area contributed by atoms with Gasteiger partial charge in [0.15, 0.2) is 0 Å². The van der Waals surface area contributed by atoms with Crippen LogP contribution in [0.25, 0.3) is 0 Å². The minimum atomic E-state index is -0.367. The largest absolute Gasteiger partial charge is 0.352 e. The van der Waals surface area contributed by atoms with E-state index in [9.17, 15) is 4.79 Å². The van der Waals surface area contributed by atoms with Crippen LogP contribution in [0.15, 0.2) is 24.3 Å². The maximum Gasteiger partial charge on any atom is 0.230 e. The van der Waals surface area contributed by atoms with Crippen molar-refractivity contribution in [1.82, 2.24) is 5.32 Å². The number of rotatable bonds is 4. The molecule has 1 atom stereocenters. The molecule has 1 amide bonds. The summed E-state index contributed by atoms with van der Waals surface area (Å²) in [5.41, 5.74) is 6.15. The van der Waals surface area contributed by atoms with Crippen LogP contribution in [0.1, 0.15) is 25.3 Å². The highest BCUT2D eigenvalue weighted by atomic mass is 35.5. The topological polar surface area (TPSA) is 55.1 Å². The molecule has 1 saturated carbocycles. The van der Waals surface area contributed by atoms with Crippen molar-refractivity contribution in [3.05, 3.63) is 34.9 Å². The van der Waals surface area contributed by atoms with Crippen LogP contribution in [0.2, 0.25) is 5.02 Å². The molecule has 1 aliphatic carbocycles. The number of carbonyl (C=O) groups excluding carboxylic acids is 1. The molecule has 2 rings (SSSR count). The van der Waals surface area contributed by atoms with Gasteiger partial charge in [-0.15, -0.1) is 12.4 Å². The van der Waals surface area contributed by atoms with Gasteiger partial charge < -0.3 is 11.1 Å². The van der Waals surface area contributed by atoms with Gasteiger partial charge in [-0.25, -0.2) is 0 Å². The van der Waals surface area contributed by atoms with Crippen LogP contribution in [-0.2, 0) is 10.2 Å². The lowest BCUT2D eigenvalue weighted by molar-refractivity contribution is -0.124. The van der Waals surface area contributed by atoms with E-state index in [-0.39, 0.29) is 29.8 Å². The van der Waals surface area contributed by atoms with Crippen molar-refractivity contribution in [2.24, 2.45) is 5.73 Å². The third-order valence-corrected chi connectivity index (χ3v) is 3.53. The molecule has 100 valence electrons. The Bertz CT molecular complexity index is 433. The van der Waals surface area contributed by atoms with Gasteiger partial charge in [-0.3, -0.25) is 4.79 Å². The van der Waals surface area contributed by atoms with Gasteiger partial charge in [-0.2, -0.15) is 0 Å². The Balaban J connectivity index is 0.00000162. The van der Waals surface area contributed by atoms with Gasteiger partial charge in [-0.1, -0.05) is 23.7 Å². The fourth-order valence-corrected chi connectivity index (χ4v) is 2.17. The molecule has 1 aromatic carbocycles. The lowest BCUT2D eigenvalue weighted by Gasteiger charge is -2.19. The van der Waals surface area contributed by atoms with Gasteiger partial charge in [0.1, 0.15) is 0 Å². The third-order valence-electron chi connectivity index (χ3n) is 3.29. The quantitative estimate of drug-likeness (QED) is 0.893. The molecule has 1 fully saturated rings. The van der Waals surface area contributed by atoms with Crippen molar-refractivity contribution in [3.8, 4) is 0 Å². The predicted octanol–water partition coefficient (Wildman–Crippen LogP) is 2.26. The van der Waals surface area contributed by atoms with Crippen molar-refractivity contribution >= 4 is 29.9 Å². The number of nitrogens with two attached hydrogens (primary N) is 1. The summed E-state index contributed by atoms with van der Waals surface area (Å²) in [6.45, 7) is 2.36. The molecule has 0 heterocycles. The van der Waals surface area contributed by atoms with Gasteiger partial charge in [0.2, 0.25) is 5.91 Å². The molecule has 0 radical (unpaired) electrons. The van der Waals surface area contributed by atoms with Crippen LogP contribution in [0.4, 0.5) is 0 Å². The Morgan fingerprint density at radius 1 is 1.56 bits per heavy atom. The highest BCUT2D eigenvalue weighted by Gasteiger charge is 2.51. The van der Waals surface area contributed by atoms with E-state index in [1.165, 1.54) is 0 Å². The van der Waals surface area contributed by atoms with Gasteiger partial charge in [0, 0.05) is 17.6 Å². The van der Waals surface area contributed by atoms with E-state index in [4.69, 9.17) is 17.3 Å². The fraction of sp³-hybridized carbons (Fsp3) is 0.462. The Labute approximate surface area is 118 Å². The van der Waals surface area contributed by atoms with Crippen LogP contribution < -0.4 is 11.1 Å². The standard InChI is InChI=1S/C13H17ClN2O.ClH/c1-9(8-15)16-12(17)13(5-6-13)10-3-2-4-11(14)7-10;/h2-4,7,9H,5-6,8,15H2,1H3,(H,16,17);1H/t9-;/m0./s1. The molecule has 0 unspecified atom stereocenters. The van der Waals surface area contributed by atoms with Crippen molar-refractivity contribution in [2.45, 2.75) is 31.2 Å². The van der Waals surface area contributed by atoms with Crippen LogP contribution in [0.5, 0.6) is 0 Å². The van der Waals surface area contributed by atoms with Gasteiger partial charge in [0.05, 0.1) is 5.41 Å². The zero-order chi connectivity index (χ0) is 12.5. The number of hydrogen-bond acceptors (Lipinski definition) is 2. The molecule has 18 heavy (non-hydrogen) atoms. The molecular formula is C13H18Cl2N2O. The third kappa shape index (κ3) is 2.97. The maximum atomic E-state index is 12.2. The molecule has 1 aliphatic rings. The van der Waals surface area contributed by atoms with E-state index < -0.39 is 0 Å². The average molecular weight is 289 g/mol. The molecule has 0 spiro atoms. The summed E-state index contributed by atoms with van der Waals surface area (Å²) in [4.78, 5) is 12.2. The summed E-state index contributed by atoms with van der Waals surface area (Å²) in [5.74, 6) is 0.0673. The number of carbonyl (C=O) groups is 1. The van der Waals surface area contributed by atoms with Crippen LogP contribution in [0.3, 0.4) is 0 Å². The lowest BCUT2D eigenvalue weighted by atomic mass is 9.95. The Morgan fingerprint density at radius 2 is 2.22 bits per heavy atom. The van der Waals surface area contributed by atoms with Crippen molar-refractivity contribution < 1.29 is 4.79 Å². The number of nitrogens with one attached hydrogen (secondary N) is 1. The average Bonchev–Trinajstić information content (AvgIpc) is 3.10. The summed E-state index contributed by atoms with van der Waals surface area (Å²) >= 11 is 5.96. The smallest absolute Gasteiger partial charge is 0.230 e. The number of halogens is 2. The minimum Gasteiger partial charge on any atom is -0.352 e. The lowest BCUT2D eigenvalue weighted by Crippen LogP contribution is -2.43. The summed E-state index contributed by atoms with van der Waals surface area (Å²) < 4.78 is 0. The molecule has 5 heteroatoms. The van der Waals surface area contributed by atoms with E-state index in [0.29, 0.717) is 11.6 Å². The van der Waals surface area contributed by atoms with E-state index >= 15 is 0 Å². The molecule has 0 bridgehead atoms. The molecule has 3 nitrogen and oxygen atoms in total. The van der Waals surface area contributed by atoms with Crippen LogP contribution >= 0.6 is 24.0 Å². The summed E-state index contributed by atoms with van der Waals surface area (Å²) in [6.07, 6.45) is 1.77. The number of benzene rings is 1. The van der Waals surface area contributed by atoms with Gasteiger partial charge >= 0.3 is 0 Å². The first-order valence-electron chi connectivity index (χ1n) is 5.85. The van der Waals surface area contributed by atoms with Crippen molar-refractivity contribution in [3.63, 3.8) is 0 Å². The highest BCUT2D eigenvalue weighted by Crippen LogP contribution is 2.48. The summed E-state index contributed by atoms with van der Waals surface area (Å²) in [5, 5.41) is 3.62. The number of hydrogen-bond donors (Lipinski definition) is 2. The first kappa shape index (κ1) is 15.3. The summed E-state index contributed by atoms with van der Waals surface area (Å²) in [7, 11) is 0. The molecule has 0 saturated heterocycles. The first-order chi connectivity index (χ1) is 8.08. The second-order valence-corrected chi connectivity index (χ2v) is 5.14. The normalized spacial score (nSPS) is 17.5. The van der Waals surface area contributed by atoms with E-state index in [0.717, 1.165) is 18.4 Å². The zero-order valence-electron chi connectivity index (χ0n) is 10.3. The van der Waals surface area contributed by atoms with Crippen molar-refractivity contribution in [1.29, 1.82) is 0 Å². The summed E-state index contributed by atoms with van der Waals surface area (Å²) in [6, 6.07) is 7.56. The monoisotopic (exact) mass is 288 g/mol. The first-order valence-corrected chi connectivity index (χ1v) is 6.23. The Morgan fingerprint density at radius 3 is 2.72 bits per heavy atom. The van der Waals surface area contributed by atoms with Crippen LogP contribution in [-0.4, -0.2) is 18.5 Å². The van der Waals surface area contributed by atoms with Gasteiger partial charge in [0.25, 0.3) is 0 Å². The fourth-order valence-electron chi connectivity index (χ4n) is 1.98. The molecule has 3 N–H and O–H groups in total. The van der Waals surface area contributed by atoms with Crippen LogP contribution in [0, 0.1) is 0 Å². The molecule has 0 aliphatic heterocycles. The Hall–Kier alpha value is -0.770. The zero-order valence-corrected chi connectivity index (χ0v) is 11.9. The number of amides is 1. The molecule has 0 aromatic heterocycles. The molecular weight excluding hydrogens is 271 g/mol. The molecule has 1 aromatic rings. The predicted molar refractivity (Wildman–Crippen MR) is 76.3 cm³/mol. The second kappa shape index (κ2) is 5.91. The van der Waals surface area contributed by atoms with Crippen molar-refractivity contribution in [2.75, 3.05) is 6.54 Å². The SMILES string of the molecule is C[C@@H](CN)NC(=O)C1(c2cccc(Cl)c2)CC1.Cl. The van der Waals surface area contributed by atoms with Gasteiger partial charge in [-0.05, 0) is 37.5 Å². The maximum absolute atomic E-state index is 12.2. The highest BCUT2D eigenvalue weighted by molar-refractivity contribution is 6.30. The van der Waals surface area contributed by atoms with E-state index in [2.05, 4.69) is 5.32 Å².